The van der Waals surface area contributed by atoms with Crippen LogP contribution in [-0.4, -0.2) is 30.6 Å². The van der Waals surface area contributed by atoms with Crippen molar-refractivity contribution < 1.29 is 4.42 Å². The third-order valence-corrected chi connectivity index (χ3v) is 6.91. The van der Waals surface area contributed by atoms with Gasteiger partial charge in [0.25, 0.3) is 0 Å². The van der Waals surface area contributed by atoms with Gasteiger partial charge < -0.3 is 9.73 Å². The SMILES string of the molecule is CCC(CC)Cc1ccc2oc(=O)cc(NC3CCN(C/C=C/c4ccccc4)CC3)c2c1. The number of hydrogen-bond acceptors (Lipinski definition) is 4. The lowest BCUT2D eigenvalue weighted by Gasteiger charge is -2.32. The van der Waals surface area contributed by atoms with Gasteiger partial charge in [0.2, 0.25) is 0 Å². The minimum atomic E-state index is -0.291. The van der Waals surface area contributed by atoms with Gasteiger partial charge in [-0.3, -0.25) is 4.90 Å². The molecule has 0 atom stereocenters. The minimum absolute atomic E-state index is 0.291. The summed E-state index contributed by atoms with van der Waals surface area (Å²) in [6, 6.07) is 18.7. The third kappa shape index (κ3) is 6.35. The van der Waals surface area contributed by atoms with Crippen molar-refractivity contribution in [2.24, 2.45) is 5.92 Å². The number of hydrogen-bond donors (Lipinski definition) is 1. The van der Waals surface area contributed by atoms with Crippen molar-refractivity contribution in [2.45, 2.75) is 52.0 Å². The molecule has 1 aliphatic heterocycles. The van der Waals surface area contributed by atoms with Gasteiger partial charge >= 0.3 is 5.63 Å². The summed E-state index contributed by atoms with van der Waals surface area (Å²) in [6.07, 6.45) is 10.0. The normalized spacial score (nSPS) is 15.6. The van der Waals surface area contributed by atoms with Gasteiger partial charge in [0.1, 0.15) is 5.58 Å². The number of nitrogens with zero attached hydrogens (tertiary/aromatic N) is 1. The second-order valence-corrected chi connectivity index (χ2v) is 9.23. The molecular weight excluding hydrogens is 408 g/mol. The van der Waals surface area contributed by atoms with Gasteiger partial charge in [-0.2, -0.15) is 0 Å². The second kappa shape index (κ2) is 11.3. The van der Waals surface area contributed by atoms with E-state index in [4.69, 9.17) is 4.42 Å². The van der Waals surface area contributed by atoms with E-state index in [1.165, 1.54) is 24.0 Å². The lowest BCUT2D eigenvalue weighted by molar-refractivity contribution is 0.240. The average Bonchev–Trinajstić information content (AvgIpc) is 2.84. The average molecular weight is 445 g/mol. The van der Waals surface area contributed by atoms with Gasteiger partial charge in [0.05, 0.1) is 5.69 Å². The Morgan fingerprint density at radius 2 is 1.82 bits per heavy atom. The van der Waals surface area contributed by atoms with E-state index in [0.29, 0.717) is 17.5 Å². The van der Waals surface area contributed by atoms with Crippen molar-refractivity contribution in [1.82, 2.24) is 4.90 Å². The van der Waals surface area contributed by atoms with Gasteiger partial charge in [-0.05, 0) is 48.4 Å². The molecule has 4 rings (SSSR count). The molecule has 0 aliphatic carbocycles. The molecule has 0 bridgehead atoms. The Morgan fingerprint density at radius 1 is 1.06 bits per heavy atom. The molecule has 0 saturated carbocycles. The van der Waals surface area contributed by atoms with Crippen LogP contribution in [-0.2, 0) is 6.42 Å². The first-order valence-electron chi connectivity index (χ1n) is 12.4. The number of rotatable bonds is 9. The first-order chi connectivity index (χ1) is 16.1. The minimum Gasteiger partial charge on any atom is -0.423 e. The first kappa shape index (κ1) is 23.3. The van der Waals surface area contributed by atoms with Crippen molar-refractivity contribution in [3.63, 3.8) is 0 Å². The summed E-state index contributed by atoms with van der Waals surface area (Å²) in [7, 11) is 0. The van der Waals surface area contributed by atoms with E-state index in [9.17, 15) is 4.79 Å². The highest BCUT2D eigenvalue weighted by Gasteiger charge is 2.19. The van der Waals surface area contributed by atoms with Crippen LogP contribution >= 0.6 is 0 Å². The van der Waals surface area contributed by atoms with Crippen molar-refractivity contribution in [2.75, 3.05) is 25.0 Å². The lowest BCUT2D eigenvalue weighted by Crippen LogP contribution is -2.39. The van der Waals surface area contributed by atoms with E-state index in [1.807, 2.05) is 12.1 Å². The molecule has 0 unspecified atom stereocenters. The molecule has 1 fully saturated rings. The molecule has 2 aromatic carbocycles. The van der Waals surface area contributed by atoms with E-state index in [-0.39, 0.29) is 5.63 Å². The van der Waals surface area contributed by atoms with Crippen LogP contribution in [0.1, 0.15) is 50.7 Å². The maximum absolute atomic E-state index is 12.2. The fourth-order valence-corrected chi connectivity index (χ4v) is 4.75. The molecule has 1 aliphatic rings. The Kier molecular flexibility index (Phi) is 8.01. The topological polar surface area (TPSA) is 45.5 Å². The zero-order chi connectivity index (χ0) is 23.0. The summed E-state index contributed by atoms with van der Waals surface area (Å²) in [5.74, 6) is 0.690. The summed E-state index contributed by atoms with van der Waals surface area (Å²) in [5.41, 5.74) is 3.85. The molecule has 1 saturated heterocycles. The number of likely N-dealkylation sites (tertiary alicyclic amines) is 1. The predicted molar refractivity (Wildman–Crippen MR) is 139 cm³/mol. The van der Waals surface area contributed by atoms with Crippen molar-refractivity contribution >= 4 is 22.7 Å². The largest absolute Gasteiger partial charge is 0.423 e. The van der Waals surface area contributed by atoms with E-state index in [1.54, 1.807) is 6.07 Å². The molecule has 3 aromatic rings. The predicted octanol–water partition coefficient (Wildman–Crippen LogP) is 6.36. The summed E-state index contributed by atoms with van der Waals surface area (Å²) < 4.78 is 5.49. The summed E-state index contributed by atoms with van der Waals surface area (Å²) in [6.45, 7) is 7.58. The maximum atomic E-state index is 12.2. The summed E-state index contributed by atoms with van der Waals surface area (Å²) >= 11 is 0. The van der Waals surface area contributed by atoms with Gasteiger partial charge in [-0.1, -0.05) is 75.2 Å². The first-order valence-corrected chi connectivity index (χ1v) is 12.4. The van der Waals surface area contributed by atoms with E-state index in [0.717, 1.165) is 50.0 Å². The molecule has 0 spiro atoms. The fourth-order valence-electron chi connectivity index (χ4n) is 4.75. The lowest BCUT2D eigenvalue weighted by atomic mass is 9.94. The van der Waals surface area contributed by atoms with Gasteiger partial charge in [0.15, 0.2) is 0 Å². The molecule has 4 nitrogen and oxygen atoms in total. The molecule has 174 valence electrons. The van der Waals surface area contributed by atoms with Crippen molar-refractivity contribution in [1.29, 1.82) is 0 Å². The molecular formula is C29H36N2O2. The third-order valence-electron chi connectivity index (χ3n) is 6.91. The number of benzene rings is 2. The van der Waals surface area contributed by atoms with Crippen LogP contribution in [0.15, 0.2) is 69.9 Å². The standard InChI is InChI=1S/C29H36N2O2/c1-3-22(4-2)19-24-12-13-28-26(20-24)27(21-29(32)33-28)30-25-14-17-31(18-15-25)16-8-11-23-9-6-5-7-10-23/h5-13,20-22,25,30H,3-4,14-19H2,1-2H3/b11-8+. The molecule has 1 N–H and O–H groups in total. The van der Waals surface area contributed by atoms with E-state index >= 15 is 0 Å². The Hall–Kier alpha value is -2.85. The number of anilines is 1. The van der Waals surface area contributed by atoms with Crippen molar-refractivity contribution in [3.05, 3.63) is 82.2 Å². The molecule has 2 heterocycles. The number of piperidine rings is 1. The van der Waals surface area contributed by atoms with Crippen LogP contribution in [0.25, 0.3) is 17.0 Å². The van der Waals surface area contributed by atoms with Crippen molar-refractivity contribution in [3.8, 4) is 0 Å². The number of nitrogens with one attached hydrogen (secondary N) is 1. The Balaban J connectivity index is 1.39. The van der Waals surface area contributed by atoms with Gasteiger partial charge in [0, 0.05) is 37.1 Å². The van der Waals surface area contributed by atoms with Crippen LogP contribution in [0.4, 0.5) is 5.69 Å². The quantitative estimate of drug-likeness (QED) is 0.390. The van der Waals surface area contributed by atoms with Gasteiger partial charge in [-0.25, -0.2) is 4.79 Å². The van der Waals surface area contributed by atoms with Crippen LogP contribution in [0.3, 0.4) is 0 Å². The van der Waals surface area contributed by atoms with Crippen LogP contribution < -0.4 is 10.9 Å². The summed E-state index contributed by atoms with van der Waals surface area (Å²) in [5, 5.41) is 4.69. The highest BCUT2D eigenvalue weighted by Crippen LogP contribution is 2.27. The molecule has 4 heteroatoms. The van der Waals surface area contributed by atoms with Crippen LogP contribution in [0.5, 0.6) is 0 Å². The van der Waals surface area contributed by atoms with E-state index < -0.39 is 0 Å². The molecule has 0 amide bonds. The fraction of sp³-hybridized carbons (Fsp3) is 0.414. The maximum Gasteiger partial charge on any atom is 0.338 e. The number of fused-ring (bicyclic) bond motifs is 1. The zero-order valence-electron chi connectivity index (χ0n) is 19.9. The van der Waals surface area contributed by atoms with Gasteiger partial charge in [-0.15, -0.1) is 0 Å². The monoisotopic (exact) mass is 444 g/mol. The Labute approximate surface area is 197 Å². The van der Waals surface area contributed by atoms with Crippen LogP contribution in [0.2, 0.25) is 0 Å². The molecule has 1 aromatic heterocycles. The second-order valence-electron chi connectivity index (χ2n) is 9.23. The summed E-state index contributed by atoms with van der Waals surface area (Å²) in [4.78, 5) is 14.7. The smallest absolute Gasteiger partial charge is 0.338 e. The van der Waals surface area contributed by atoms with Crippen LogP contribution in [0, 0.1) is 5.92 Å². The Morgan fingerprint density at radius 3 is 2.55 bits per heavy atom. The molecule has 0 radical (unpaired) electrons. The highest BCUT2D eigenvalue weighted by molar-refractivity contribution is 5.90. The van der Waals surface area contributed by atoms with E-state index in [2.05, 4.69) is 72.6 Å². The molecule has 33 heavy (non-hydrogen) atoms. The highest BCUT2D eigenvalue weighted by atomic mass is 16.4. The zero-order valence-corrected chi connectivity index (χ0v) is 19.9. The Bertz CT molecular complexity index is 1110.